The van der Waals surface area contributed by atoms with Crippen LogP contribution >= 0.6 is 0 Å². The molecule has 4 aromatic carbocycles. The molecule has 2 N–H and O–H groups in total. The van der Waals surface area contributed by atoms with Crippen LogP contribution in [0.4, 0.5) is 0 Å². The number of nitrogens with two attached hydrogens (primary N) is 1. The van der Waals surface area contributed by atoms with Crippen LogP contribution in [0.1, 0.15) is 11.1 Å². The summed E-state index contributed by atoms with van der Waals surface area (Å²) in [5.74, 6) is 0. The van der Waals surface area contributed by atoms with Gasteiger partial charge < -0.3 is 10.6 Å². The molecule has 0 aliphatic rings. The van der Waals surface area contributed by atoms with Crippen molar-refractivity contribution in [3.8, 4) is 0 Å². The molecular weight excluding hydrogens is 328 g/mol. The fourth-order valence-corrected chi connectivity index (χ4v) is 3.99. The highest BCUT2D eigenvalue weighted by Gasteiger charge is 2.12. The summed E-state index contributed by atoms with van der Waals surface area (Å²) in [6, 6.07) is 30.3. The summed E-state index contributed by atoms with van der Waals surface area (Å²) in [4.78, 5) is 2.35. The zero-order chi connectivity index (χ0) is 18.6. The summed E-state index contributed by atoms with van der Waals surface area (Å²) >= 11 is 0. The zero-order valence-corrected chi connectivity index (χ0v) is 15.8. The minimum absolute atomic E-state index is 0.124. The molecule has 2 heteroatoms. The lowest BCUT2D eigenvalue weighted by Gasteiger charge is -2.23. The summed E-state index contributed by atoms with van der Waals surface area (Å²) < 4.78 is 0. The number of hydrogen-bond acceptors (Lipinski definition) is 2. The number of benzene rings is 4. The highest BCUT2D eigenvalue weighted by molar-refractivity contribution is 6.02. The van der Waals surface area contributed by atoms with Crippen molar-refractivity contribution in [2.75, 3.05) is 13.6 Å². The summed E-state index contributed by atoms with van der Waals surface area (Å²) in [5.41, 5.74) is 9.13. The standard InChI is InChI=1S/C25H26N2/c1-27(17-22(26)15-19-9-3-2-4-10-19)18-25-23-13-7-5-11-20(23)16-21-12-6-8-14-24(21)25/h2-14,16,22H,15,17-18,26H2,1H3/t22-/m0/s1. The van der Waals surface area contributed by atoms with Gasteiger partial charge in [-0.25, -0.2) is 0 Å². The van der Waals surface area contributed by atoms with E-state index in [0.29, 0.717) is 0 Å². The molecule has 0 radical (unpaired) electrons. The van der Waals surface area contributed by atoms with E-state index in [1.165, 1.54) is 32.7 Å². The summed E-state index contributed by atoms with van der Waals surface area (Å²) in [6.45, 7) is 1.76. The smallest absolute Gasteiger partial charge is 0.0243 e. The first-order chi connectivity index (χ1) is 13.2. The van der Waals surface area contributed by atoms with Crippen molar-refractivity contribution in [3.05, 3.63) is 96.1 Å². The summed E-state index contributed by atoms with van der Waals surface area (Å²) in [5, 5.41) is 5.26. The molecule has 4 aromatic rings. The van der Waals surface area contributed by atoms with E-state index in [-0.39, 0.29) is 6.04 Å². The van der Waals surface area contributed by atoms with Gasteiger partial charge in [0, 0.05) is 19.1 Å². The van der Waals surface area contributed by atoms with E-state index >= 15 is 0 Å². The molecule has 4 rings (SSSR count). The lowest BCUT2D eigenvalue weighted by molar-refractivity contribution is 0.304. The fraction of sp³-hybridized carbons (Fsp3) is 0.200. The topological polar surface area (TPSA) is 29.3 Å². The average Bonchev–Trinajstić information content (AvgIpc) is 2.68. The molecule has 0 amide bonds. The Morgan fingerprint density at radius 2 is 1.33 bits per heavy atom. The Hall–Kier alpha value is -2.68. The van der Waals surface area contributed by atoms with E-state index in [4.69, 9.17) is 5.73 Å². The van der Waals surface area contributed by atoms with Gasteiger partial charge in [-0.05, 0) is 52.2 Å². The molecule has 0 saturated heterocycles. The van der Waals surface area contributed by atoms with Crippen molar-refractivity contribution in [3.63, 3.8) is 0 Å². The van der Waals surface area contributed by atoms with Gasteiger partial charge in [0.05, 0.1) is 0 Å². The second-order valence-electron chi connectivity index (χ2n) is 7.44. The molecule has 0 aromatic heterocycles. The van der Waals surface area contributed by atoms with Crippen LogP contribution in [0.3, 0.4) is 0 Å². The van der Waals surface area contributed by atoms with Crippen molar-refractivity contribution < 1.29 is 0 Å². The van der Waals surface area contributed by atoms with Crippen molar-refractivity contribution in [1.29, 1.82) is 0 Å². The molecule has 0 fully saturated rings. The van der Waals surface area contributed by atoms with Gasteiger partial charge in [0.1, 0.15) is 0 Å². The summed E-state index contributed by atoms with van der Waals surface area (Å²) in [6.07, 6.45) is 0.904. The first-order valence-electron chi connectivity index (χ1n) is 9.58. The van der Waals surface area contributed by atoms with Gasteiger partial charge in [0.2, 0.25) is 0 Å². The van der Waals surface area contributed by atoms with Crippen molar-refractivity contribution in [2.45, 2.75) is 19.0 Å². The molecule has 0 aliphatic heterocycles. The lowest BCUT2D eigenvalue weighted by atomic mass is 9.96. The van der Waals surface area contributed by atoms with Crippen LogP contribution in [0.25, 0.3) is 21.5 Å². The molecule has 0 bridgehead atoms. The second kappa shape index (κ2) is 7.91. The Balaban J connectivity index is 1.58. The van der Waals surface area contributed by atoms with E-state index in [2.05, 4.69) is 90.8 Å². The lowest BCUT2D eigenvalue weighted by Crippen LogP contribution is -2.36. The minimum atomic E-state index is 0.124. The van der Waals surface area contributed by atoms with Crippen LogP contribution in [0.15, 0.2) is 84.9 Å². The van der Waals surface area contributed by atoms with Crippen molar-refractivity contribution in [2.24, 2.45) is 5.73 Å². The Morgan fingerprint density at radius 1 is 0.778 bits per heavy atom. The number of hydrogen-bond donors (Lipinski definition) is 1. The van der Waals surface area contributed by atoms with E-state index in [1.807, 2.05) is 6.07 Å². The Bertz CT molecular complexity index is 986. The number of fused-ring (bicyclic) bond motifs is 2. The first kappa shape index (κ1) is 17.7. The third kappa shape index (κ3) is 4.02. The Kier molecular flexibility index (Phi) is 5.19. The van der Waals surface area contributed by atoms with Gasteiger partial charge in [0.15, 0.2) is 0 Å². The molecule has 0 unspecified atom stereocenters. The predicted molar refractivity (Wildman–Crippen MR) is 116 cm³/mol. The Morgan fingerprint density at radius 3 is 1.96 bits per heavy atom. The minimum Gasteiger partial charge on any atom is -0.326 e. The number of likely N-dealkylation sites (N-methyl/N-ethyl adjacent to an activating group) is 1. The average molecular weight is 354 g/mol. The van der Waals surface area contributed by atoms with E-state index in [1.54, 1.807) is 0 Å². The van der Waals surface area contributed by atoms with Crippen LogP contribution in [0, 0.1) is 0 Å². The molecule has 0 saturated carbocycles. The van der Waals surface area contributed by atoms with Crippen LogP contribution in [-0.4, -0.2) is 24.5 Å². The molecule has 1 atom stereocenters. The normalized spacial score (nSPS) is 12.7. The second-order valence-corrected chi connectivity index (χ2v) is 7.44. The first-order valence-corrected chi connectivity index (χ1v) is 9.58. The molecule has 27 heavy (non-hydrogen) atoms. The van der Waals surface area contributed by atoms with Gasteiger partial charge in [0.25, 0.3) is 0 Å². The fourth-order valence-electron chi connectivity index (χ4n) is 3.99. The van der Waals surface area contributed by atoms with Crippen LogP contribution in [0.2, 0.25) is 0 Å². The molecular formula is C25H26N2. The van der Waals surface area contributed by atoms with Crippen molar-refractivity contribution in [1.82, 2.24) is 4.90 Å². The SMILES string of the molecule is CN(Cc1c2ccccc2cc2ccccc12)C[C@@H](N)Cc1ccccc1. The van der Waals surface area contributed by atoms with Crippen molar-refractivity contribution >= 4 is 21.5 Å². The molecule has 0 spiro atoms. The van der Waals surface area contributed by atoms with Crippen LogP contribution in [-0.2, 0) is 13.0 Å². The van der Waals surface area contributed by atoms with Gasteiger partial charge in [-0.15, -0.1) is 0 Å². The van der Waals surface area contributed by atoms with Gasteiger partial charge >= 0.3 is 0 Å². The van der Waals surface area contributed by atoms with Gasteiger partial charge in [-0.1, -0.05) is 78.9 Å². The van der Waals surface area contributed by atoms with Crippen LogP contribution in [0.5, 0.6) is 0 Å². The summed E-state index contributed by atoms with van der Waals surface area (Å²) in [7, 11) is 2.17. The molecule has 136 valence electrons. The van der Waals surface area contributed by atoms with Gasteiger partial charge in [-0.2, -0.15) is 0 Å². The highest BCUT2D eigenvalue weighted by Crippen LogP contribution is 2.29. The number of nitrogens with zero attached hydrogens (tertiary/aromatic N) is 1. The van der Waals surface area contributed by atoms with Crippen LogP contribution < -0.4 is 5.73 Å². The molecule has 2 nitrogen and oxygen atoms in total. The quantitative estimate of drug-likeness (QED) is 0.494. The largest absolute Gasteiger partial charge is 0.326 e. The number of rotatable bonds is 6. The zero-order valence-electron chi connectivity index (χ0n) is 15.8. The van der Waals surface area contributed by atoms with Gasteiger partial charge in [-0.3, -0.25) is 0 Å². The maximum Gasteiger partial charge on any atom is 0.0243 e. The maximum absolute atomic E-state index is 6.44. The predicted octanol–water partition coefficient (Wildman–Crippen LogP) is 4.99. The molecule has 0 heterocycles. The molecule has 0 aliphatic carbocycles. The highest BCUT2D eigenvalue weighted by atomic mass is 15.1. The monoisotopic (exact) mass is 354 g/mol. The maximum atomic E-state index is 6.44. The third-order valence-corrected chi connectivity index (χ3v) is 5.20. The van der Waals surface area contributed by atoms with E-state index in [0.717, 1.165) is 19.5 Å². The third-order valence-electron chi connectivity index (χ3n) is 5.20. The Labute approximate surface area is 161 Å². The van der Waals surface area contributed by atoms with E-state index in [9.17, 15) is 0 Å². The van der Waals surface area contributed by atoms with E-state index < -0.39 is 0 Å².